The number of benzene rings is 1. The molecule has 4 heteroatoms. The van der Waals surface area contributed by atoms with Gasteiger partial charge in [-0.3, -0.25) is 9.63 Å². The summed E-state index contributed by atoms with van der Waals surface area (Å²) in [5.74, 6) is -0.432. The van der Waals surface area contributed by atoms with E-state index in [2.05, 4.69) is 5.48 Å². The number of carbonyl (C=O) groups excluding carboxylic acids is 1. The zero-order valence-electron chi connectivity index (χ0n) is 8.63. The molecular formula is C11H14FNO2. The van der Waals surface area contributed by atoms with Crippen LogP contribution in [0.1, 0.15) is 18.9 Å². The molecule has 0 bridgehead atoms. The number of aryl methyl sites for hydroxylation is 1. The van der Waals surface area contributed by atoms with Crippen LogP contribution in [0.4, 0.5) is 4.39 Å². The lowest BCUT2D eigenvalue weighted by atomic mass is 10.1. The molecule has 1 amide bonds. The van der Waals surface area contributed by atoms with Crippen molar-refractivity contribution >= 4 is 5.91 Å². The molecule has 0 saturated carbocycles. The molecular weight excluding hydrogens is 197 g/mol. The minimum Gasteiger partial charge on any atom is -0.274 e. The van der Waals surface area contributed by atoms with Crippen molar-refractivity contribution in [1.82, 2.24) is 5.48 Å². The number of carbonyl (C=O) groups is 1. The highest BCUT2D eigenvalue weighted by molar-refractivity contribution is 5.75. The fraction of sp³-hybridized carbons (Fsp3) is 0.364. The summed E-state index contributed by atoms with van der Waals surface area (Å²) in [6.45, 7) is 2.24. The molecule has 0 unspecified atom stereocenters. The molecule has 0 aliphatic rings. The Kier molecular flexibility index (Phi) is 4.77. The average Bonchev–Trinajstić information content (AvgIpc) is 2.25. The van der Waals surface area contributed by atoms with E-state index < -0.39 is 0 Å². The number of hydroxylamine groups is 1. The lowest BCUT2D eigenvalue weighted by molar-refractivity contribution is -0.133. The van der Waals surface area contributed by atoms with Gasteiger partial charge in [-0.05, 0) is 31.0 Å². The van der Waals surface area contributed by atoms with E-state index >= 15 is 0 Å². The maximum atomic E-state index is 12.6. The van der Waals surface area contributed by atoms with Crippen molar-refractivity contribution in [3.05, 3.63) is 35.6 Å². The van der Waals surface area contributed by atoms with E-state index in [0.717, 1.165) is 5.56 Å². The molecule has 0 aliphatic carbocycles. The summed E-state index contributed by atoms with van der Waals surface area (Å²) in [6, 6.07) is 6.11. The molecule has 0 radical (unpaired) electrons. The van der Waals surface area contributed by atoms with Gasteiger partial charge in [0, 0.05) is 6.42 Å². The number of rotatable bonds is 5. The van der Waals surface area contributed by atoms with Crippen molar-refractivity contribution in [2.24, 2.45) is 0 Å². The highest BCUT2D eigenvalue weighted by atomic mass is 19.1. The molecule has 0 atom stereocenters. The van der Waals surface area contributed by atoms with Crippen LogP contribution < -0.4 is 5.48 Å². The molecule has 1 rings (SSSR count). The molecule has 3 nitrogen and oxygen atoms in total. The summed E-state index contributed by atoms with van der Waals surface area (Å²) in [5, 5.41) is 0. The second-order valence-electron chi connectivity index (χ2n) is 3.08. The van der Waals surface area contributed by atoms with Gasteiger partial charge < -0.3 is 0 Å². The normalized spacial score (nSPS) is 10.0. The maximum Gasteiger partial charge on any atom is 0.243 e. The third kappa shape index (κ3) is 4.56. The van der Waals surface area contributed by atoms with Gasteiger partial charge in [0.1, 0.15) is 5.82 Å². The van der Waals surface area contributed by atoms with Gasteiger partial charge >= 0.3 is 0 Å². The van der Waals surface area contributed by atoms with Gasteiger partial charge in [-0.1, -0.05) is 12.1 Å². The molecule has 0 saturated heterocycles. The average molecular weight is 211 g/mol. The SMILES string of the molecule is CCONC(=O)CCc1ccc(F)cc1. The Morgan fingerprint density at radius 3 is 2.67 bits per heavy atom. The third-order valence-electron chi connectivity index (χ3n) is 1.88. The number of hydrogen-bond acceptors (Lipinski definition) is 2. The van der Waals surface area contributed by atoms with Crippen LogP contribution in [0.2, 0.25) is 0 Å². The van der Waals surface area contributed by atoms with Gasteiger partial charge in [0.05, 0.1) is 6.61 Å². The Morgan fingerprint density at radius 2 is 2.07 bits per heavy atom. The van der Waals surface area contributed by atoms with Crippen LogP contribution in [0.5, 0.6) is 0 Å². The van der Waals surface area contributed by atoms with Crippen molar-refractivity contribution < 1.29 is 14.0 Å². The summed E-state index contributed by atoms with van der Waals surface area (Å²) >= 11 is 0. The number of amides is 1. The van der Waals surface area contributed by atoms with Crippen LogP contribution >= 0.6 is 0 Å². The van der Waals surface area contributed by atoms with Crippen LogP contribution in [0.25, 0.3) is 0 Å². The zero-order valence-corrected chi connectivity index (χ0v) is 8.63. The number of halogens is 1. The molecule has 1 aromatic carbocycles. The second-order valence-corrected chi connectivity index (χ2v) is 3.08. The van der Waals surface area contributed by atoms with Gasteiger partial charge in [0.15, 0.2) is 0 Å². The van der Waals surface area contributed by atoms with Gasteiger partial charge in [-0.2, -0.15) is 0 Å². The number of hydrogen-bond donors (Lipinski definition) is 1. The molecule has 0 aromatic heterocycles. The van der Waals surface area contributed by atoms with Crippen LogP contribution in [0, 0.1) is 5.82 Å². The van der Waals surface area contributed by atoms with Crippen LogP contribution in [-0.2, 0) is 16.1 Å². The van der Waals surface area contributed by atoms with E-state index in [1.54, 1.807) is 19.1 Å². The second kappa shape index (κ2) is 6.14. The van der Waals surface area contributed by atoms with Crippen molar-refractivity contribution in [1.29, 1.82) is 0 Å². The fourth-order valence-corrected chi connectivity index (χ4v) is 1.11. The fourth-order valence-electron chi connectivity index (χ4n) is 1.11. The molecule has 15 heavy (non-hydrogen) atoms. The Labute approximate surface area is 88.2 Å². The van der Waals surface area contributed by atoms with Crippen molar-refractivity contribution in [3.8, 4) is 0 Å². The minimum absolute atomic E-state index is 0.166. The first-order valence-corrected chi connectivity index (χ1v) is 4.87. The molecule has 0 spiro atoms. The Morgan fingerprint density at radius 1 is 1.40 bits per heavy atom. The van der Waals surface area contributed by atoms with Crippen LogP contribution in [0.15, 0.2) is 24.3 Å². The minimum atomic E-state index is -0.266. The predicted molar refractivity (Wildman–Crippen MR) is 54.5 cm³/mol. The Balaban J connectivity index is 2.30. The summed E-state index contributed by atoms with van der Waals surface area (Å²) in [4.78, 5) is 15.9. The van der Waals surface area contributed by atoms with E-state index in [1.165, 1.54) is 12.1 Å². The predicted octanol–water partition coefficient (Wildman–Crippen LogP) is 1.83. The summed E-state index contributed by atoms with van der Waals surface area (Å²) < 4.78 is 12.6. The van der Waals surface area contributed by atoms with Gasteiger partial charge in [0.25, 0.3) is 0 Å². The Hall–Kier alpha value is -1.42. The lowest BCUT2D eigenvalue weighted by Gasteiger charge is -2.03. The first kappa shape index (κ1) is 11.7. The van der Waals surface area contributed by atoms with Gasteiger partial charge in [0.2, 0.25) is 5.91 Å². The van der Waals surface area contributed by atoms with E-state index in [4.69, 9.17) is 4.84 Å². The first-order chi connectivity index (χ1) is 7.22. The van der Waals surface area contributed by atoms with E-state index in [0.29, 0.717) is 19.4 Å². The van der Waals surface area contributed by atoms with Crippen LogP contribution in [0.3, 0.4) is 0 Å². The molecule has 0 fully saturated rings. The molecule has 0 heterocycles. The van der Waals surface area contributed by atoms with Crippen LogP contribution in [-0.4, -0.2) is 12.5 Å². The Bertz CT molecular complexity index is 311. The van der Waals surface area contributed by atoms with Crippen molar-refractivity contribution in [3.63, 3.8) is 0 Å². The van der Waals surface area contributed by atoms with Gasteiger partial charge in [-0.15, -0.1) is 0 Å². The molecule has 82 valence electrons. The molecule has 1 N–H and O–H groups in total. The lowest BCUT2D eigenvalue weighted by Crippen LogP contribution is -2.23. The maximum absolute atomic E-state index is 12.6. The highest BCUT2D eigenvalue weighted by Gasteiger charge is 2.01. The van der Waals surface area contributed by atoms with Gasteiger partial charge in [-0.25, -0.2) is 9.87 Å². The van der Waals surface area contributed by atoms with E-state index in [1.807, 2.05) is 0 Å². The van der Waals surface area contributed by atoms with Crippen molar-refractivity contribution in [2.45, 2.75) is 19.8 Å². The summed E-state index contributed by atoms with van der Waals surface area (Å²) in [5.41, 5.74) is 3.23. The smallest absolute Gasteiger partial charge is 0.243 e. The molecule has 1 aromatic rings. The van der Waals surface area contributed by atoms with E-state index in [-0.39, 0.29) is 11.7 Å². The largest absolute Gasteiger partial charge is 0.274 e. The monoisotopic (exact) mass is 211 g/mol. The topological polar surface area (TPSA) is 38.3 Å². The third-order valence-corrected chi connectivity index (χ3v) is 1.88. The summed E-state index contributed by atoms with van der Waals surface area (Å²) in [6.07, 6.45) is 0.921. The van der Waals surface area contributed by atoms with Crippen molar-refractivity contribution in [2.75, 3.05) is 6.61 Å². The quantitative estimate of drug-likeness (QED) is 0.754. The molecule has 0 aliphatic heterocycles. The standard InChI is InChI=1S/C11H14FNO2/c1-2-15-13-11(14)8-5-9-3-6-10(12)7-4-9/h3-4,6-7H,2,5,8H2,1H3,(H,13,14). The first-order valence-electron chi connectivity index (χ1n) is 4.87. The highest BCUT2D eigenvalue weighted by Crippen LogP contribution is 2.05. The number of nitrogens with one attached hydrogen (secondary N) is 1. The van der Waals surface area contributed by atoms with E-state index in [9.17, 15) is 9.18 Å². The zero-order chi connectivity index (χ0) is 11.1. The summed E-state index contributed by atoms with van der Waals surface area (Å²) in [7, 11) is 0.